The van der Waals surface area contributed by atoms with Gasteiger partial charge in [0, 0.05) is 18.3 Å². The van der Waals surface area contributed by atoms with E-state index in [1.54, 1.807) is 0 Å². The summed E-state index contributed by atoms with van der Waals surface area (Å²) in [6, 6.07) is 14.3. The Balaban J connectivity index is 1.71. The maximum absolute atomic E-state index is 12.6. The molecule has 0 atom stereocenters. The summed E-state index contributed by atoms with van der Waals surface area (Å²) in [6.07, 6.45) is 1.78. The average Bonchev–Trinajstić information content (AvgIpc) is 3.07. The molecule has 6 heteroatoms. The van der Waals surface area contributed by atoms with Gasteiger partial charge in [0.2, 0.25) is 5.91 Å². The van der Waals surface area contributed by atoms with Crippen LogP contribution < -0.4 is 5.32 Å². The van der Waals surface area contributed by atoms with E-state index in [0.717, 1.165) is 51.8 Å². The first-order chi connectivity index (χ1) is 13.5. The van der Waals surface area contributed by atoms with Crippen molar-refractivity contribution in [3.05, 3.63) is 59.2 Å². The summed E-state index contributed by atoms with van der Waals surface area (Å²) in [6.45, 7) is 6.26. The van der Waals surface area contributed by atoms with Crippen LogP contribution in [0.3, 0.4) is 0 Å². The van der Waals surface area contributed by atoms with Crippen molar-refractivity contribution < 1.29 is 4.79 Å². The summed E-state index contributed by atoms with van der Waals surface area (Å²) < 4.78 is 1.94. The van der Waals surface area contributed by atoms with E-state index < -0.39 is 0 Å². The molecule has 0 fully saturated rings. The fraction of sp³-hybridized carbons (Fsp3) is 0.318. The second kappa shape index (κ2) is 9.06. The lowest BCUT2D eigenvalue weighted by Crippen LogP contribution is -2.17. The maximum atomic E-state index is 12.6. The van der Waals surface area contributed by atoms with Gasteiger partial charge in [0.1, 0.15) is 0 Å². The number of anilines is 1. The summed E-state index contributed by atoms with van der Waals surface area (Å²) in [7, 11) is 1.93. The number of rotatable bonds is 7. The molecular weight excluding hydrogens is 368 g/mol. The van der Waals surface area contributed by atoms with E-state index in [1.165, 1.54) is 11.8 Å². The number of carbonyl (C=O) groups is 1. The molecule has 5 nitrogen and oxygen atoms in total. The predicted molar refractivity (Wildman–Crippen MR) is 116 cm³/mol. The minimum absolute atomic E-state index is 0.0268. The first-order valence-corrected chi connectivity index (χ1v) is 10.5. The lowest BCUT2D eigenvalue weighted by molar-refractivity contribution is -0.113. The van der Waals surface area contributed by atoms with Gasteiger partial charge in [0.05, 0.1) is 5.75 Å². The number of hydrogen-bond acceptors (Lipinski definition) is 4. The first-order valence-electron chi connectivity index (χ1n) is 9.53. The van der Waals surface area contributed by atoms with Crippen LogP contribution in [0.4, 0.5) is 5.69 Å². The largest absolute Gasteiger partial charge is 0.325 e. The molecule has 28 heavy (non-hydrogen) atoms. The van der Waals surface area contributed by atoms with Crippen molar-refractivity contribution in [1.29, 1.82) is 0 Å². The summed E-state index contributed by atoms with van der Waals surface area (Å²) in [5, 5.41) is 12.4. The second-order valence-corrected chi connectivity index (χ2v) is 7.62. The Kier molecular flexibility index (Phi) is 6.52. The molecule has 0 aliphatic heterocycles. The highest BCUT2D eigenvalue weighted by Crippen LogP contribution is 2.26. The van der Waals surface area contributed by atoms with Crippen molar-refractivity contribution >= 4 is 23.4 Å². The Morgan fingerprint density at radius 3 is 2.36 bits per heavy atom. The molecule has 1 N–H and O–H groups in total. The highest BCUT2D eigenvalue weighted by atomic mass is 32.2. The minimum atomic E-state index is -0.0268. The lowest BCUT2D eigenvalue weighted by atomic mass is 10.0. The van der Waals surface area contributed by atoms with Gasteiger partial charge in [-0.2, -0.15) is 0 Å². The van der Waals surface area contributed by atoms with Crippen molar-refractivity contribution in [2.75, 3.05) is 11.1 Å². The first kappa shape index (κ1) is 20.1. The number of aryl methyl sites for hydroxylation is 3. The molecule has 146 valence electrons. The molecule has 0 saturated heterocycles. The summed E-state index contributed by atoms with van der Waals surface area (Å²) in [5.74, 6) is 1.08. The molecule has 0 spiro atoms. The van der Waals surface area contributed by atoms with Crippen LogP contribution in [-0.2, 0) is 24.7 Å². The number of hydrogen-bond donors (Lipinski definition) is 1. The van der Waals surface area contributed by atoms with Crippen molar-refractivity contribution in [3.8, 4) is 11.4 Å². The summed E-state index contributed by atoms with van der Waals surface area (Å²) in [4.78, 5) is 12.6. The van der Waals surface area contributed by atoms with Crippen LogP contribution in [0.1, 0.15) is 30.5 Å². The number of amides is 1. The van der Waals surface area contributed by atoms with Gasteiger partial charge in [-0.15, -0.1) is 10.2 Å². The molecule has 3 aromatic rings. The van der Waals surface area contributed by atoms with Crippen LogP contribution in [0.5, 0.6) is 0 Å². The van der Waals surface area contributed by atoms with Gasteiger partial charge in [-0.05, 0) is 36.5 Å². The summed E-state index contributed by atoms with van der Waals surface area (Å²) in [5.41, 5.74) is 5.49. The van der Waals surface area contributed by atoms with Gasteiger partial charge in [-0.3, -0.25) is 4.79 Å². The Morgan fingerprint density at radius 2 is 1.71 bits per heavy atom. The van der Waals surface area contributed by atoms with E-state index in [2.05, 4.69) is 60.6 Å². The lowest BCUT2D eigenvalue weighted by Gasteiger charge is -2.14. The van der Waals surface area contributed by atoms with Crippen LogP contribution in [0, 0.1) is 6.92 Å². The zero-order valence-corrected chi connectivity index (χ0v) is 17.6. The van der Waals surface area contributed by atoms with E-state index in [4.69, 9.17) is 0 Å². The Bertz CT molecular complexity index is 958. The van der Waals surface area contributed by atoms with Crippen molar-refractivity contribution in [1.82, 2.24) is 14.8 Å². The zero-order chi connectivity index (χ0) is 20.1. The molecule has 1 heterocycles. The number of thioether (sulfide) groups is 1. The van der Waals surface area contributed by atoms with Crippen molar-refractivity contribution in [2.24, 2.45) is 7.05 Å². The number of benzene rings is 2. The quantitative estimate of drug-likeness (QED) is 0.593. The van der Waals surface area contributed by atoms with E-state index in [1.807, 2.05) is 29.8 Å². The number of nitrogens with zero attached hydrogens (tertiary/aromatic N) is 3. The zero-order valence-electron chi connectivity index (χ0n) is 16.8. The second-order valence-electron chi connectivity index (χ2n) is 6.68. The standard InChI is InChI=1S/C22H26N4OS/c1-5-16-11-9-12-17(6-2)20(16)23-19(27)14-28-22-25-24-21(26(22)4)18-13-8-7-10-15(18)3/h7-13H,5-6,14H2,1-4H3,(H,23,27). The molecule has 0 saturated carbocycles. The Hall–Kier alpha value is -2.60. The third-order valence-corrected chi connectivity index (χ3v) is 5.84. The van der Waals surface area contributed by atoms with E-state index in [9.17, 15) is 4.79 Å². The third kappa shape index (κ3) is 4.28. The van der Waals surface area contributed by atoms with Gasteiger partial charge in [0.25, 0.3) is 0 Å². The number of para-hydroxylation sites is 1. The van der Waals surface area contributed by atoms with Gasteiger partial charge in [-0.1, -0.05) is 68.1 Å². The molecule has 0 radical (unpaired) electrons. The van der Waals surface area contributed by atoms with Crippen molar-refractivity contribution in [3.63, 3.8) is 0 Å². The summed E-state index contributed by atoms with van der Waals surface area (Å²) >= 11 is 1.40. The Morgan fingerprint density at radius 1 is 1.04 bits per heavy atom. The molecule has 0 aliphatic carbocycles. The molecule has 3 rings (SSSR count). The highest BCUT2D eigenvalue weighted by Gasteiger charge is 2.15. The van der Waals surface area contributed by atoms with Crippen LogP contribution in [0.2, 0.25) is 0 Å². The van der Waals surface area contributed by atoms with E-state index >= 15 is 0 Å². The van der Waals surface area contributed by atoms with Gasteiger partial charge >= 0.3 is 0 Å². The molecule has 2 aromatic carbocycles. The molecule has 1 aromatic heterocycles. The molecule has 0 bridgehead atoms. The predicted octanol–water partition coefficient (Wildman–Crippen LogP) is 4.65. The number of nitrogens with one attached hydrogen (secondary N) is 1. The van der Waals surface area contributed by atoms with Crippen LogP contribution in [0.25, 0.3) is 11.4 Å². The van der Waals surface area contributed by atoms with Crippen LogP contribution in [-0.4, -0.2) is 26.4 Å². The molecular formula is C22H26N4OS. The topological polar surface area (TPSA) is 59.8 Å². The van der Waals surface area contributed by atoms with E-state index in [0.29, 0.717) is 5.75 Å². The molecule has 0 aliphatic rings. The SMILES string of the molecule is CCc1cccc(CC)c1NC(=O)CSc1nnc(-c2ccccc2C)n1C. The number of carbonyl (C=O) groups excluding carboxylic acids is 1. The third-order valence-electron chi connectivity index (χ3n) is 4.82. The van der Waals surface area contributed by atoms with Gasteiger partial charge < -0.3 is 9.88 Å². The maximum Gasteiger partial charge on any atom is 0.234 e. The fourth-order valence-electron chi connectivity index (χ4n) is 3.21. The smallest absolute Gasteiger partial charge is 0.234 e. The van der Waals surface area contributed by atoms with Crippen molar-refractivity contribution in [2.45, 2.75) is 38.8 Å². The minimum Gasteiger partial charge on any atom is -0.325 e. The van der Waals surface area contributed by atoms with Crippen LogP contribution >= 0.6 is 11.8 Å². The molecule has 1 amide bonds. The Labute approximate surface area is 170 Å². The number of aromatic nitrogens is 3. The normalized spacial score (nSPS) is 10.9. The molecule has 0 unspecified atom stereocenters. The fourth-order valence-corrected chi connectivity index (χ4v) is 3.92. The van der Waals surface area contributed by atoms with E-state index in [-0.39, 0.29) is 5.91 Å². The van der Waals surface area contributed by atoms with Crippen LogP contribution in [0.15, 0.2) is 47.6 Å². The van der Waals surface area contributed by atoms with Gasteiger partial charge in [-0.25, -0.2) is 0 Å². The average molecular weight is 395 g/mol. The van der Waals surface area contributed by atoms with Gasteiger partial charge in [0.15, 0.2) is 11.0 Å². The monoisotopic (exact) mass is 394 g/mol. The highest BCUT2D eigenvalue weighted by molar-refractivity contribution is 7.99.